The number of amides is 2. The molecule has 1 unspecified atom stereocenters. The van der Waals surface area contributed by atoms with Crippen LogP contribution in [0, 0.1) is 19.8 Å². The fraction of sp³-hybridized carbons (Fsp3) is 0.375. The maximum atomic E-state index is 13.3. The van der Waals surface area contributed by atoms with Gasteiger partial charge in [-0.25, -0.2) is 0 Å². The Bertz CT molecular complexity index is 978. The van der Waals surface area contributed by atoms with Gasteiger partial charge in [-0.15, -0.1) is 0 Å². The number of nitrogens with zero attached hydrogens (tertiary/aromatic N) is 1. The Morgan fingerprint density at radius 2 is 2.03 bits per heavy atom. The van der Waals surface area contributed by atoms with Gasteiger partial charge >= 0.3 is 5.97 Å². The lowest BCUT2D eigenvalue weighted by Crippen LogP contribution is -2.45. The van der Waals surface area contributed by atoms with Crippen LogP contribution < -0.4 is 5.32 Å². The third-order valence-electron chi connectivity index (χ3n) is 5.41. The quantitative estimate of drug-likeness (QED) is 0.567. The summed E-state index contributed by atoms with van der Waals surface area (Å²) in [5, 5.41) is 2.74. The number of hydrogen-bond donors (Lipinski definition) is 1. The number of likely N-dealkylation sites (tertiary alicyclic amines) is 1. The Morgan fingerprint density at radius 1 is 1.23 bits per heavy atom. The average molecular weight is 424 g/mol. The lowest BCUT2D eigenvalue weighted by molar-refractivity contribution is -0.150. The largest absolute Gasteiger partial charge is 0.466 e. The number of carbonyl (C=O) groups is 3. The van der Waals surface area contributed by atoms with E-state index in [1.165, 1.54) is 12.3 Å². The van der Waals surface area contributed by atoms with E-state index in [0.29, 0.717) is 37.3 Å². The molecule has 0 saturated carbocycles. The predicted molar refractivity (Wildman–Crippen MR) is 116 cm³/mol. The fourth-order valence-electron chi connectivity index (χ4n) is 3.53. The first-order valence-electron chi connectivity index (χ1n) is 10.5. The van der Waals surface area contributed by atoms with Crippen LogP contribution in [-0.4, -0.2) is 42.4 Å². The normalized spacial score (nSPS) is 16.7. The van der Waals surface area contributed by atoms with E-state index >= 15 is 0 Å². The van der Waals surface area contributed by atoms with Crippen molar-refractivity contribution in [1.82, 2.24) is 10.2 Å². The zero-order valence-electron chi connectivity index (χ0n) is 18.1. The number of esters is 1. The molecule has 3 rings (SSSR count). The van der Waals surface area contributed by atoms with Crippen molar-refractivity contribution < 1.29 is 23.5 Å². The maximum Gasteiger partial charge on any atom is 0.310 e. The van der Waals surface area contributed by atoms with Crippen molar-refractivity contribution in [3.63, 3.8) is 0 Å². The molecule has 7 heteroatoms. The molecule has 2 aromatic rings. The molecular weight excluding hydrogens is 396 g/mol. The highest BCUT2D eigenvalue weighted by molar-refractivity contribution is 6.05. The molecule has 2 heterocycles. The van der Waals surface area contributed by atoms with Crippen LogP contribution in [0.1, 0.15) is 47.0 Å². The van der Waals surface area contributed by atoms with Crippen molar-refractivity contribution >= 4 is 23.9 Å². The molecule has 0 spiro atoms. The highest BCUT2D eigenvalue weighted by Crippen LogP contribution is 2.20. The van der Waals surface area contributed by atoms with E-state index in [9.17, 15) is 14.4 Å². The number of nitrogens with one attached hydrogen (secondary N) is 1. The zero-order chi connectivity index (χ0) is 22.4. The molecule has 1 fully saturated rings. The Morgan fingerprint density at radius 3 is 2.71 bits per heavy atom. The van der Waals surface area contributed by atoms with E-state index in [2.05, 4.69) is 5.32 Å². The molecule has 0 bridgehead atoms. The lowest BCUT2D eigenvalue weighted by Gasteiger charge is -2.32. The van der Waals surface area contributed by atoms with Gasteiger partial charge in [-0.1, -0.05) is 6.07 Å². The van der Waals surface area contributed by atoms with Gasteiger partial charge in [0.1, 0.15) is 11.5 Å². The van der Waals surface area contributed by atoms with E-state index in [-0.39, 0.29) is 35.9 Å². The van der Waals surface area contributed by atoms with Crippen LogP contribution in [-0.2, 0) is 14.3 Å². The van der Waals surface area contributed by atoms with Crippen molar-refractivity contribution in [3.8, 4) is 0 Å². The van der Waals surface area contributed by atoms with Crippen LogP contribution in [0.4, 0.5) is 0 Å². The summed E-state index contributed by atoms with van der Waals surface area (Å²) in [5.41, 5.74) is 2.63. The Kier molecular flexibility index (Phi) is 7.28. The first kappa shape index (κ1) is 22.3. The van der Waals surface area contributed by atoms with Gasteiger partial charge in [-0.3, -0.25) is 14.4 Å². The summed E-state index contributed by atoms with van der Waals surface area (Å²) >= 11 is 0. The number of furan rings is 1. The second-order valence-corrected chi connectivity index (χ2v) is 7.67. The van der Waals surface area contributed by atoms with Crippen LogP contribution in [0.2, 0.25) is 0 Å². The van der Waals surface area contributed by atoms with Gasteiger partial charge < -0.3 is 19.4 Å². The number of piperidine rings is 1. The second kappa shape index (κ2) is 10.1. The standard InChI is InChI=1S/C24H28N2O5/c1-4-30-24(29)19-7-5-11-26(15-19)23(28)21(14-20-8-6-12-31-20)25-22(27)18-10-9-16(2)17(3)13-18/h6,8-10,12-14,19H,4-5,7,11,15H2,1-3H3,(H,25,27). The number of aryl methyl sites for hydroxylation is 2. The smallest absolute Gasteiger partial charge is 0.310 e. The molecular formula is C24H28N2O5. The van der Waals surface area contributed by atoms with Gasteiger partial charge in [0.15, 0.2) is 0 Å². The number of hydrogen-bond acceptors (Lipinski definition) is 5. The van der Waals surface area contributed by atoms with E-state index in [0.717, 1.165) is 11.1 Å². The van der Waals surface area contributed by atoms with Crippen molar-refractivity contribution in [2.45, 2.75) is 33.6 Å². The van der Waals surface area contributed by atoms with Crippen LogP contribution >= 0.6 is 0 Å². The highest BCUT2D eigenvalue weighted by Gasteiger charge is 2.31. The summed E-state index contributed by atoms with van der Waals surface area (Å²) in [6.45, 7) is 6.73. The van der Waals surface area contributed by atoms with Gasteiger partial charge in [-0.2, -0.15) is 0 Å². The SMILES string of the molecule is CCOC(=O)C1CCCN(C(=O)C(=Cc2ccco2)NC(=O)c2ccc(C)c(C)c2)C1. The summed E-state index contributed by atoms with van der Waals surface area (Å²) in [6, 6.07) is 8.79. The minimum absolute atomic E-state index is 0.0997. The molecule has 1 saturated heterocycles. The molecule has 1 aromatic heterocycles. The number of ether oxygens (including phenoxy) is 1. The minimum Gasteiger partial charge on any atom is -0.466 e. The first-order chi connectivity index (χ1) is 14.9. The molecule has 0 radical (unpaired) electrons. The van der Waals surface area contributed by atoms with Crippen LogP contribution in [0.5, 0.6) is 0 Å². The van der Waals surface area contributed by atoms with E-state index in [4.69, 9.17) is 9.15 Å². The van der Waals surface area contributed by atoms with Gasteiger partial charge in [0.25, 0.3) is 11.8 Å². The molecule has 31 heavy (non-hydrogen) atoms. The minimum atomic E-state index is -0.381. The zero-order valence-corrected chi connectivity index (χ0v) is 18.1. The Hall–Kier alpha value is -3.35. The van der Waals surface area contributed by atoms with Gasteiger partial charge in [0, 0.05) is 24.7 Å². The molecule has 7 nitrogen and oxygen atoms in total. The molecule has 1 aliphatic heterocycles. The molecule has 2 amide bonds. The van der Waals surface area contributed by atoms with Crippen molar-refractivity contribution in [3.05, 3.63) is 64.7 Å². The van der Waals surface area contributed by atoms with Gasteiger partial charge in [0.05, 0.1) is 18.8 Å². The molecule has 164 valence electrons. The Labute approximate surface area is 182 Å². The second-order valence-electron chi connectivity index (χ2n) is 7.67. The topological polar surface area (TPSA) is 88.8 Å². The fourth-order valence-corrected chi connectivity index (χ4v) is 3.53. The van der Waals surface area contributed by atoms with Crippen molar-refractivity contribution in [2.24, 2.45) is 5.92 Å². The molecule has 1 aromatic carbocycles. The maximum absolute atomic E-state index is 13.3. The lowest BCUT2D eigenvalue weighted by atomic mass is 9.98. The summed E-state index contributed by atoms with van der Waals surface area (Å²) in [6.07, 6.45) is 4.37. The van der Waals surface area contributed by atoms with Gasteiger partial charge in [0.2, 0.25) is 0 Å². The summed E-state index contributed by atoms with van der Waals surface area (Å²) < 4.78 is 10.5. The Balaban J connectivity index is 1.82. The molecule has 1 atom stereocenters. The van der Waals surface area contributed by atoms with Crippen LogP contribution in [0.15, 0.2) is 46.7 Å². The molecule has 0 aliphatic carbocycles. The van der Waals surface area contributed by atoms with Crippen LogP contribution in [0.25, 0.3) is 6.08 Å². The predicted octanol–water partition coefficient (Wildman–Crippen LogP) is 3.47. The summed E-state index contributed by atoms with van der Waals surface area (Å²) in [4.78, 5) is 39.9. The number of benzene rings is 1. The highest BCUT2D eigenvalue weighted by atomic mass is 16.5. The van der Waals surface area contributed by atoms with E-state index in [1.807, 2.05) is 19.9 Å². The number of rotatable bonds is 6. The van der Waals surface area contributed by atoms with E-state index in [1.54, 1.807) is 36.1 Å². The third kappa shape index (κ3) is 5.63. The van der Waals surface area contributed by atoms with Crippen LogP contribution in [0.3, 0.4) is 0 Å². The molecule has 1 aliphatic rings. The monoisotopic (exact) mass is 424 g/mol. The summed E-state index contributed by atoms with van der Waals surface area (Å²) in [7, 11) is 0. The van der Waals surface area contributed by atoms with Crippen molar-refractivity contribution in [1.29, 1.82) is 0 Å². The average Bonchev–Trinajstić information content (AvgIpc) is 3.28. The van der Waals surface area contributed by atoms with E-state index < -0.39 is 0 Å². The summed E-state index contributed by atoms with van der Waals surface area (Å²) in [5.74, 6) is -0.952. The third-order valence-corrected chi connectivity index (χ3v) is 5.41. The van der Waals surface area contributed by atoms with Crippen molar-refractivity contribution in [2.75, 3.05) is 19.7 Å². The van der Waals surface area contributed by atoms with Gasteiger partial charge in [-0.05, 0) is 69.0 Å². The number of carbonyl (C=O) groups excluding carboxylic acids is 3. The molecule has 1 N–H and O–H groups in total. The first-order valence-corrected chi connectivity index (χ1v) is 10.5.